The SMILES string of the molecule is O=C(/C=C(/Br)C(=O)OC(=O)C1CC2C=CC1C2)OC12C=CC(CC1C(=O)O)C2. The molecule has 4 aliphatic carbocycles. The van der Waals surface area contributed by atoms with Crippen LogP contribution in [0.1, 0.15) is 25.7 Å². The van der Waals surface area contributed by atoms with E-state index in [1.807, 2.05) is 12.2 Å². The number of carbonyl (C=O) groups excluding carboxylic acids is 3. The van der Waals surface area contributed by atoms with E-state index in [0.717, 1.165) is 12.5 Å². The van der Waals surface area contributed by atoms with Crippen molar-refractivity contribution in [2.75, 3.05) is 0 Å². The lowest BCUT2D eigenvalue weighted by atomic mass is 9.89. The lowest BCUT2D eigenvalue weighted by molar-refractivity contribution is -0.163. The number of rotatable bonds is 5. The van der Waals surface area contributed by atoms with E-state index in [9.17, 15) is 24.3 Å². The summed E-state index contributed by atoms with van der Waals surface area (Å²) in [4.78, 5) is 48.0. The second kappa shape index (κ2) is 6.99. The minimum absolute atomic E-state index is 0.0692. The molecule has 4 aliphatic rings. The summed E-state index contributed by atoms with van der Waals surface area (Å²) >= 11 is 2.95. The van der Waals surface area contributed by atoms with E-state index in [0.29, 0.717) is 25.2 Å². The lowest BCUT2D eigenvalue weighted by Crippen LogP contribution is -2.40. The van der Waals surface area contributed by atoms with Gasteiger partial charge in [-0.1, -0.05) is 18.2 Å². The molecule has 0 heterocycles. The van der Waals surface area contributed by atoms with Crippen molar-refractivity contribution >= 4 is 39.8 Å². The van der Waals surface area contributed by atoms with Crippen molar-refractivity contribution in [3.63, 3.8) is 0 Å². The van der Waals surface area contributed by atoms with Crippen LogP contribution in [-0.2, 0) is 28.7 Å². The number of esters is 3. The number of halogens is 1. The van der Waals surface area contributed by atoms with Gasteiger partial charge in [-0.25, -0.2) is 9.59 Å². The van der Waals surface area contributed by atoms with Crippen LogP contribution in [0.3, 0.4) is 0 Å². The van der Waals surface area contributed by atoms with Crippen molar-refractivity contribution in [3.8, 4) is 0 Å². The summed E-state index contributed by atoms with van der Waals surface area (Å²) in [6.07, 6.45) is 10.8. The summed E-state index contributed by atoms with van der Waals surface area (Å²) in [5.41, 5.74) is -1.19. The standard InChI is InChI=1S/C20H19BrO7/c21-15(19(26)27-18(25)13-6-10-1-2-12(13)5-10)8-16(22)28-20-4-3-11(9-20)7-14(20)17(23)24/h1-4,8,10-14H,5-7,9H2,(H,23,24)/b15-8+. The van der Waals surface area contributed by atoms with E-state index >= 15 is 0 Å². The molecule has 0 spiro atoms. The normalized spacial score (nSPS) is 37.3. The number of hydrogen-bond donors (Lipinski definition) is 1. The fourth-order valence-corrected chi connectivity index (χ4v) is 5.14. The van der Waals surface area contributed by atoms with E-state index in [-0.39, 0.29) is 22.2 Å². The molecule has 2 saturated carbocycles. The molecule has 8 heteroatoms. The highest BCUT2D eigenvalue weighted by molar-refractivity contribution is 9.12. The maximum absolute atomic E-state index is 12.3. The van der Waals surface area contributed by atoms with Gasteiger partial charge in [0.05, 0.1) is 5.92 Å². The number of carboxylic acids is 1. The summed E-state index contributed by atoms with van der Waals surface area (Å²) in [7, 11) is 0. The number of ether oxygens (including phenoxy) is 2. The number of fused-ring (bicyclic) bond motifs is 4. The minimum Gasteiger partial charge on any atom is -0.481 e. The van der Waals surface area contributed by atoms with E-state index in [2.05, 4.69) is 22.0 Å². The molecule has 0 aromatic carbocycles. The molecule has 0 aliphatic heterocycles. The largest absolute Gasteiger partial charge is 0.481 e. The third-order valence-corrected chi connectivity index (χ3v) is 6.72. The highest BCUT2D eigenvalue weighted by Gasteiger charge is 2.55. The quantitative estimate of drug-likeness (QED) is 0.296. The van der Waals surface area contributed by atoms with Crippen LogP contribution < -0.4 is 0 Å². The van der Waals surface area contributed by atoms with E-state index in [1.165, 1.54) is 0 Å². The monoisotopic (exact) mass is 450 g/mol. The fourth-order valence-electron chi connectivity index (χ4n) is 4.87. The maximum Gasteiger partial charge on any atom is 0.353 e. The molecule has 7 nitrogen and oxygen atoms in total. The van der Waals surface area contributed by atoms with Gasteiger partial charge in [0.25, 0.3) is 0 Å². The number of allylic oxidation sites excluding steroid dienone is 3. The smallest absolute Gasteiger partial charge is 0.353 e. The second-order valence-electron chi connectivity index (χ2n) is 7.91. The van der Waals surface area contributed by atoms with Crippen molar-refractivity contribution in [1.82, 2.24) is 0 Å². The van der Waals surface area contributed by atoms with Gasteiger partial charge in [0, 0.05) is 6.08 Å². The van der Waals surface area contributed by atoms with Crippen LogP contribution in [-0.4, -0.2) is 34.6 Å². The van der Waals surface area contributed by atoms with Crippen LogP contribution >= 0.6 is 15.9 Å². The van der Waals surface area contributed by atoms with Gasteiger partial charge in [0.15, 0.2) is 0 Å². The van der Waals surface area contributed by atoms with Crippen LogP contribution in [0.15, 0.2) is 34.9 Å². The molecule has 0 aromatic rings. The number of carboxylic acid groups (broad SMARTS) is 1. The summed E-state index contributed by atoms with van der Waals surface area (Å²) < 4.78 is 10.1. The molecule has 0 amide bonds. The molecule has 1 N–H and O–H groups in total. The summed E-state index contributed by atoms with van der Waals surface area (Å²) in [5.74, 6) is -4.05. The molecule has 4 rings (SSSR count). The van der Waals surface area contributed by atoms with Gasteiger partial charge < -0.3 is 14.6 Å². The Kier molecular flexibility index (Phi) is 4.77. The van der Waals surface area contributed by atoms with Gasteiger partial charge in [0.1, 0.15) is 16.0 Å². The third-order valence-electron chi connectivity index (χ3n) is 6.16. The zero-order chi connectivity index (χ0) is 20.1. The highest BCUT2D eigenvalue weighted by Crippen LogP contribution is 2.49. The van der Waals surface area contributed by atoms with Crippen LogP contribution in [0.4, 0.5) is 0 Å². The molecule has 148 valence electrons. The predicted octanol–water partition coefficient (Wildman–Crippen LogP) is 2.51. The zero-order valence-electron chi connectivity index (χ0n) is 14.9. The average Bonchev–Trinajstić information content (AvgIpc) is 3.40. The Labute approximate surface area is 169 Å². The summed E-state index contributed by atoms with van der Waals surface area (Å²) in [6.45, 7) is 0. The van der Waals surface area contributed by atoms with Gasteiger partial charge in [-0.05, 0) is 65.4 Å². The Balaban J connectivity index is 1.37. The maximum atomic E-state index is 12.3. The Bertz CT molecular complexity index is 841. The van der Waals surface area contributed by atoms with Gasteiger partial charge >= 0.3 is 23.9 Å². The molecule has 0 saturated heterocycles. The van der Waals surface area contributed by atoms with Gasteiger partial charge in [-0.3, -0.25) is 9.59 Å². The molecule has 6 atom stereocenters. The predicted molar refractivity (Wildman–Crippen MR) is 98.8 cm³/mol. The van der Waals surface area contributed by atoms with Gasteiger partial charge in [0.2, 0.25) is 0 Å². The first-order chi connectivity index (χ1) is 13.3. The molecular weight excluding hydrogens is 432 g/mol. The van der Waals surface area contributed by atoms with Crippen LogP contribution in [0, 0.1) is 29.6 Å². The number of aliphatic carboxylic acids is 1. The van der Waals surface area contributed by atoms with Crippen LogP contribution in [0.25, 0.3) is 0 Å². The molecule has 0 radical (unpaired) electrons. The first-order valence-electron chi connectivity index (χ1n) is 9.24. The first-order valence-corrected chi connectivity index (χ1v) is 10.0. The van der Waals surface area contributed by atoms with E-state index in [4.69, 9.17) is 9.47 Å². The fraction of sp³-hybridized carbons (Fsp3) is 0.500. The summed E-state index contributed by atoms with van der Waals surface area (Å²) in [5, 5.41) is 9.37. The topological polar surface area (TPSA) is 107 Å². The van der Waals surface area contributed by atoms with Crippen molar-refractivity contribution in [2.45, 2.75) is 31.3 Å². The molecule has 0 aromatic heterocycles. The Hall–Kier alpha value is -2.22. The zero-order valence-corrected chi connectivity index (χ0v) is 16.5. The van der Waals surface area contributed by atoms with E-state index < -0.39 is 35.4 Å². The average molecular weight is 451 g/mol. The van der Waals surface area contributed by atoms with E-state index in [1.54, 1.807) is 6.08 Å². The molecule has 6 unspecified atom stereocenters. The minimum atomic E-state index is -1.19. The first kappa shape index (κ1) is 19.1. The molecule has 28 heavy (non-hydrogen) atoms. The molecule has 2 fully saturated rings. The van der Waals surface area contributed by atoms with Gasteiger partial charge in [-0.2, -0.15) is 0 Å². The highest BCUT2D eigenvalue weighted by atomic mass is 79.9. The van der Waals surface area contributed by atoms with Crippen molar-refractivity contribution < 1.29 is 33.8 Å². The van der Waals surface area contributed by atoms with Crippen LogP contribution in [0.5, 0.6) is 0 Å². The Morgan fingerprint density at radius 1 is 1.07 bits per heavy atom. The Morgan fingerprint density at radius 3 is 2.46 bits per heavy atom. The molecular formula is C20H19BrO7. The summed E-state index contributed by atoms with van der Waals surface area (Å²) in [6, 6.07) is 0. The van der Waals surface area contributed by atoms with Crippen molar-refractivity contribution in [3.05, 3.63) is 34.9 Å². The van der Waals surface area contributed by atoms with Gasteiger partial charge in [-0.15, -0.1) is 0 Å². The van der Waals surface area contributed by atoms with Crippen molar-refractivity contribution in [1.29, 1.82) is 0 Å². The van der Waals surface area contributed by atoms with Crippen LogP contribution in [0.2, 0.25) is 0 Å². The number of carbonyl (C=O) groups is 4. The second-order valence-corrected chi connectivity index (χ2v) is 8.77. The third kappa shape index (κ3) is 3.34. The Morgan fingerprint density at radius 2 is 1.86 bits per heavy atom. The molecule has 4 bridgehead atoms. The van der Waals surface area contributed by atoms with Crippen molar-refractivity contribution in [2.24, 2.45) is 29.6 Å². The lowest BCUT2D eigenvalue weighted by Gasteiger charge is -2.28. The number of hydrogen-bond acceptors (Lipinski definition) is 6.